The van der Waals surface area contributed by atoms with Crippen molar-refractivity contribution in [1.29, 1.82) is 0 Å². The normalized spacial score (nSPS) is 12.7. The number of carbonyl (C=O) groups excluding carboxylic acids is 1. The molecule has 1 amide bonds. The average molecular weight is 270 g/mol. The fourth-order valence-corrected chi connectivity index (χ4v) is 1.92. The Morgan fingerprint density at radius 2 is 2.17 bits per heavy atom. The molecule has 18 heavy (non-hydrogen) atoms. The van der Waals surface area contributed by atoms with Gasteiger partial charge in [-0.1, -0.05) is 20.8 Å². The highest BCUT2D eigenvalue weighted by atomic mass is 32.2. The van der Waals surface area contributed by atoms with Crippen molar-refractivity contribution in [3.05, 3.63) is 11.4 Å². The van der Waals surface area contributed by atoms with Gasteiger partial charge < -0.3 is 11.1 Å². The Morgan fingerprint density at radius 1 is 1.50 bits per heavy atom. The lowest BCUT2D eigenvalue weighted by molar-refractivity contribution is 0.0949. The van der Waals surface area contributed by atoms with Crippen LogP contribution in [0.3, 0.4) is 0 Å². The molecule has 1 aromatic heterocycles. The first-order valence-electron chi connectivity index (χ1n) is 6.12. The Kier molecular flexibility index (Phi) is 5.53. The number of amides is 1. The summed E-state index contributed by atoms with van der Waals surface area (Å²) in [5, 5.41) is 10.2. The number of carbonyl (C=O) groups is 1. The summed E-state index contributed by atoms with van der Waals surface area (Å²) in [4.78, 5) is 11.9. The van der Waals surface area contributed by atoms with Crippen LogP contribution in [0.15, 0.2) is 0 Å². The van der Waals surface area contributed by atoms with Crippen molar-refractivity contribution in [3.8, 4) is 0 Å². The molecule has 0 aliphatic carbocycles. The summed E-state index contributed by atoms with van der Waals surface area (Å²) in [5.74, 6) is 0.0273. The lowest BCUT2D eigenvalue weighted by Gasteiger charge is -2.08. The Bertz CT molecular complexity index is 403. The molecule has 0 aliphatic rings. The first kappa shape index (κ1) is 14.9. The number of aromatic amines is 1. The Labute approximate surface area is 112 Å². The summed E-state index contributed by atoms with van der Waals surface area (Å²) >= 11 is 1.79. The van der Waals surface area contributed by atoms with E-state index in [1.807, 2.05) is 13.8 Å². The number of nitrogens with zero attached hydrogens (tertiary/aromatic N) is 1. The van der Waals surface area contributed by atoms with Gasteiger partial charge in [-0.05, 0) is 18.6 Å². The van der Waals surface area contributed by atoms with E-state index in [4.69, 9.17) is 5.73 Å². The predicted molar refractivity (Wildman–Crippen MR) is 77.0 cm³/mol. The highest BCUT2D eigenvalue weighted by Gasteiger charge is 2.18. The molecule has 6 heteroatoms. The van der Waals surface area contributed by atoms with Crippen LogP contribution in [0.4, 0.5) is 5.69 Å². The lowest BCUT2D eigenvalue weighted by Crippen LogP contribution is -2.27. The molecule has 0 aliphatic heterocycles. The minimum Gasteiger partial charge on any atom is -0.395 e. The van der Waals surface area contributed by atoms with Gasteiger partial charge in [-0.2, -0.15) is 16.9 Å². The molecule has 0 bridgehead atoms. The number of nitrogens with one attached hydrogen (secondary N) is 2. The summed E-state index contributed by atoms with van der Waals surface area (Å²) in [5.41, 5.74) is 7.48. The number of nitrogen functional groups attached to an aromatic ring is 1. The van der Waals surface area contributed by atoms with Crippen LogP contribution < -0.4 is 11.1 Å². The molecule has 1 aromatic rings. The zero-order valence-electron chi connectivity index (χ0n) is 11.4. The molecule has 1 atom stereocenters. The van der Waals surface area contributed by atoms with Crippen molar-refractivity contribution in [2.24, 2.45) is 0 Å². The van der Waals surface area contributed by atoms with E-state index >= 15 is 0 Å². The highest BCUT2D eigenvalue weighted by molar-refractivity contribution is 7.99. The standard InChI is InChI=1S/C12H22N4OS/c1-7(2)10-9(13)11(16-15-10)12(17)14-6-5-8(3)18-4/h7-8H,5-6,13H2,1-4H3,(H,14,17)(H,15,16). The number of rotatable bonds is 6. The van der Waals surface area contributed by atoms with Gasteiger partial charge in [0.25, 0.3) is 5.91 Å². The maximum absolute atomic E-state index is 11.9. The summed E-state index contributed by atoms with van der Waals surface area (Å²) in [7, 11) is 0. The summed E-state index contributed by atoms with van der Waals surface area (Å²) in [6, 6.07) is 0. The van der Waals surface area contributed by atoms with Crippen LogP contribution in [0.1, 0.15) is 49.3 Å². The highest BCUT2D eigenvalue weighted by Crippen LogP contribution is 2.21. The second kappa shape index (κ2) is 6.68. The van der Waals surface area contributed by atoms with Crippen molar-refractivity contribution < 1.29 is 4.79 Å². The van der Waals surface area contributed by atoms with E-state index in [2.05, 4.69) is 28.7 Å². The second-order valence-corrected chi connectivity index (χ2v) is 5.92. The molecule has 0 saturated heterocycles. The van der Waals surface area contributed by atoms with E-state index in [0.717, 1.165) is 12.1 Å². The van der Waals surface area contributed by atoms with Gasteiger partial charge in [0.1, 0.15) is 0 Å². The molecule has 0 fully saturated rings. The zero-order valence-corrected chi connectivity index (χ0v) is 12.2. The first-order valence-corrected chi connectivity index (χ1v) is 7.40. The zero-order chi connectivity index (χ0) is 13.7. The Hall–Kier alpha value is -1.17. The molecule has 0 aromatic carbocycles. The Morgan fingerprint density at radius 3 is 2.67 bits per heavy atom. The topological polar surface area (TPSA) is 83.8 Å². The number of nitrogens with two attached hydrogens (primary N) is 1. The van der Waals surface area contributed by atoms with Gasteiger partial charge in [-0.15, -0.1) is 0 Å². The van der Waals surface area contributed by atoms with Gasteiger partial charge in [-0.25, -0.2) is 0 Å². The average Bonchev–Trinajstić information content (AvgIpc) is 2.70. The minimum absolute atomic E-state index is 0.205. The number of H-pyrrole nitrogens is 1. The molecule has 4 N–H and O–H groups in total. The second-order valence-electron chi connectivity index (χ2n) is 4.65. The predicted octanol–water partition coefficient (Wildman–Crippen LogP) is 1.99. The van der Waals surface area contributed by atoms with Crippen LogP contribution in [0, 0.1) is 0 Å². The van der Waals surface area contributed by atoms with E-state index in [-0.39, 0.29) is 11.8 Å². The molecule has 5 nitrogen and oxygen atoms in total. The quantitative estimate of drug-likeness (QED) is 0.738. The van der Waals surface area contributed by atoms with E-state index in [9.17, 15) is 4.79 Å². The van der Waals surface area contributed by atoms with Crippen LogP contribution in [-0.2, 0) is 0 Å². The smallest absolute Gasteiger partial charge is 0.273 e. The number of hydrogen-bond acceptors (Lipinski definition) is 4. The number of aromatic nitrogens is 2. The molecule has 0 saturated carbocycles. The molecule has 1 heterocycles. The van der Waals surface area contributed by atoms with Crippen LogP contribution in [0.5, 0.6) is 0 Å². The van der Waals surface area contributed by atoms with Gasteiger partial charge in [0, 0.05) is 11.8 Å². The summed E-state index contributed by atoms with van der Waals surface area (Å²) in [6.45, 7) is 6.79. The van der Waals surface area contributed by atoms with Crippen LogP contribution in [0.25, 0.3) is 0 Å². The molecule has 1 rings (SSSR count). The van der Waals surface area contributed by atoms with Crippen LogP contribution >= 0.6 is 11.8 Å². The summed E-state index contributed by atoms with van der Waals surface area (Å²) in [6.07, 6.45) is 3.00. The van der Waals surface area contributed by atoms with Crippen molar-refractivity contribution >= 4 is 23.4 Å². The summed E-state index contributed by atoms with van der Waals surface area (Å²) < 4.78 is 0. The van der Waals surface area contributed by atoms with Crippen LogP contribution in [-0.4, -0.2) is 34.2 Å². The SMILES string of the molecule is CSC(C)CCNC(=O)c1n[nH]c(C(C)C)c1N. The van der Waals surface area contributed by atoms with Crippen molar-refractivity contribution in [1.82, 2.24) is 15.5 Å². The van der Waals surface area contributed by atoms with E-state index < -0.39 is 0 Å². The number of thioether (sulfide) groups is 1. The molecular weight excluding hydrogens is 248 g/mol. The third kappa shape index (κ3) is 3.66. The molecule has 102 valence electrons. The van der Waals surface area contributed by atoms with E-state index in [0.29, 0.717) is 23.2 Å². The maximum atomic E-state index is 11.9. The van der Waals surface area contributed by atoms with Crippen molar-refractivity contribution in [3.63, 3.8) is 0 Å². The molecule has 0 radical (unpaired) electrons. The van der Waals surface area contributed by atoms with Gasteiger partial charge in [0.15, 0.2) is 5.69 Å². The van der Waals surface area contributed by atoms with Gasteiger partial charge in [0.2, 0.25) is 0 Å². The van der Waals surface area contributed by atoms with E-state index in [1.54, 1.807) is 11.8 Å². The van der Waals surface area contributed by atoms with Crippen LogP contribution in [0.2, 0.25) is 0 Å². The third-order valence-corrected chi connectivity index (χ3v) is 3.91. The molecule has 0 spiro atoms. The van der Waals surface area contributed by atoms with E-state index in [1.165, 1.54) is 0 Å². The van der Waals surface area contributed by atoms with Gasteiger partial charge >= 0.3 is 0 Å². The largest absolute Gasteiger partial charge is 0.395 e. The maximum Gasteiger partial charge on any atom is 0.273 e. The fraction of sp³-hybridized carbons (Fsp3) is 0.667. The third-order valence-electron chi connectivity index (χ3n) is 2.86. The lowest BCUT2D eigenvalue weighted by atomic mass is 10.1. The van der Waals surface area contributed by atoms with Gasteiger partial charge in [0.05, 0.1) is 11.4 Å². The molecule has 1 unspecified atom stereocenters. The minimum atomic E-state index is -0.205. The number of anilines is 1. The number of hydrogen-bond donors (Lipinski definition) is 3. The fourth-order valence-electron chi connectivity index (χ4n) is 1.57. The van der Waals surface area contributed by atoms with Crippen molar-refractivity contribution in [2.45, 2.75) is 38.4 Å². The van der Waals surface area contributed by atoms with Crippen molar-refractivity contribution in [2.75, 3.05) is 18.5 Å². The van der Waals surface area contributed by atoms with Gasteiger partial charge in [-0.3, -0.25) is 9.89 Å². The Balaban J connectivity index is 2.57. The first-order chi connectivity index (χ1) is 8.47. The molecular formula is C12H22N4OS. The monoisotopic (exact) mass is 270 g/mol.